The second kappa shape index (κ2) is 13.3. The number of aliphatic imine (C=N–C) groups is 1. The van der Waals surface area contributed by atoms with Crippen molar-refractivity contribution in [3.63, 3.8) is 0 Å². The molecule has 174 valence electrons. The molecule has 1 fully saturated rings. The molecule has 1 heterocycles. The van der Waals surface area contributed by atoms with Crippen molar-refractivity contribution >= 4 is 35.8 Å². The standard InChI is InChI=1S/C24H33N5O2.HI/c1-25-24(29-14-12-28(13-15-29)18-20-8-5-4-6-9-20)26-17-21-10-7-11-22(16-21)31-19-23(30)27(2)3;/h4-11,16H,12-15,17-19H2,1-3H3,(H,25,26);1H. The summed E-state index contributed by atoms with van der Waals surface area (Å²) in [7, 11) is 5.27. The van der Waals surface area contributed by atoms with Gasteiger partial charge in [0.15, 0.2) is 12.6 Å². The normalized spacial score (nSPS) is 14.5. The van der Waals surface area contributed by atoms with Crippen molar-refractivity contribution < 1.29 is 9.53 Å². The molecule has 1 N–H and O–H groups in total. The largest absolute Gasteiger partial charge is 0.484 e. The zero-order valence-corrected chi connectivity index (χ0v) is 21.5. The van der Waals surface area contributed by atoms with E-state index in [4.69, 9.17) is 4.74 Å². The number of carbonyl (C=O) groups excluding carboxylic acids is 1. The van der Waals surface area contributed by atoms with Crippen LogP contribution < -0.4 is 10.1 Å². The first-order valence-corrected chi connectivity index (χ1v) is 10.7. The predicted octanol–water partition coefficient (Wildman–Crippen LogP) is 2.66. The van der Waals surface area contributed by atoms with E-state index < -0.39 is 0 Å². The van der Waals surface area contributed by atoms with E-state index in [0.717, 1.165) is 44.2 Å². The monoisotopic (exact) mass is 551 g/mol. The lowest BCUT2D eigenvalue weighted by Crippen LogP contribution is -2.52. The van der Waals surface area contributed by atoms with Gasteiger partial charge in [-0.05, 0) is 23.3 Å². The van der Waals surface area contributed by atoms with Crippen LogP contribution in [0.1, 0.15) is 11.1 Å². The number of hydrogen-bond acceptors (Lipinski definition) is 4. The zero-order valence-electron chi connectivity index (χ0n) is 19.2. The molecule has 0 atom stereocenters. The Bertz CT molecular complexity index is 868. The van der Waals surface area contributed by atoms with Gasteiger partial charge in [0.1, 0.15) is 5.75 Å². The fourth-order valence-electron chi connectivity index (χ4n) is 3.49. The Balaban J connectivity index is 0.00000363. The number of ether oxygens (including phenoxy) is 1. The summed E-state index contributed by atoms with van der Waals surface area (Å²) in [6, 6.07) is 18.4. The van der Waals surface area contributed by atoms with Gasteiger partial charge in [0.2, 0.25) is 0 Å². The van der Waals surface area contributed by atoms with Gasteiger partial charge in [0, 0.05) is 60.4 Å². The van der Waals surface area contributed by atoms with Gasteiger partial charge in [0.25, 0.3) is 5.91 Å². The molecule has 0 aliphatic carbocycles. The van der Waals surface area contributed by atoms with Gasteiger partial charge < -0.3 is 19.9 Å². The fraction of sp³-hybridized carbons (Fsp3) is 0.417. The molecule has 0 aromatic heterocycles. The summed E-state index contributed by atoms with van der Waals surface area (Å²) >= 11 is 0. The molecular formula is C24H34IN5O2. The van der Waals surface area contributed by atoms with E-state index in [2.05, 4.69) is 50.4 Å². The van der Waals surface area contributed by atoms with E-state index in [1.54, 1.807) is 14.1 Å². The van der Waals surface area contributed by atoms with Gasteiger partial charge in [0.05, 0.1) is 0 Å². The maximum atomic E-state index is 11.7. The number of nitrogens with one attached hydrogen (secondary N) is 1. The average Bonchev–Trinajstić information content (AvgIpc) is 2.80. The fourth-order valence-corrected chi connectivity index (χ4v) is 3.49. The minimum atomic E-state index is -0.0599. The first-order chi connectivity index (χ1) is 15.0. The molecule has 3 rings (SSSR count). The smallest absolute Gasteiger partial charge is 0.259 e. The van der Waals surface area contributed by atoms with Crippen LogP contribution >= 0.6 is 24.0 Å². The van der Waals surface area contributed by atoms with Crippen molar-refractivity contribution in [2.24, 2.45) is 4.99 Å². The minimum Gasteiger partial charge on any atom is -0.484 e. The highest BCUT2D eigenvalue weighted by Gasteiger charge is 2.19. The van der Waals surface area contributed by atoms with Gasteiger partial charge in [-0.2, -0.15) is 0 Å². The number of halogens is 1. The maximum absolute atomic E-state index is 11.7. The molecule has 8 heteroatoms. The highest BCUT2D eigenvalue weighted by molar-refractivity contribution is 14.0. The first kappa shape index (κ1) is 25.9. The summed E-state index contributed by atoms with van der Waals surface area (Å²) in [5.41, 5.74) is 2.44. The van der Waals surface area contributed by atoms with Crippen LogP contribution in [0.2, 0.25) is 0 Å². The number of guanidine groups is 1. The van der Waals surface area contributed by atoms with Crippen LogP contribution in [0.25, 0.3) is 0 Å². The third kappa shape index (κ3) is 7.98. The Morgan fingerprint density at radius 3 is 2.38 bits per heavy atom. The van der Waals surface area contributed by atoms with Crippen molar-refractivity contribution in [2.75, 3.05) is 53.9 Å². The summed E-state index contributed by atoms with van der Waals surface area (Å²) in [5.74, 6) is 1.54. The second-order valence-electron chi connectivity index (χ2n) is 7.87. The maximum Gasteiger partial charge on any atom is 0.259 e. The molecule has 0 unspecified atom stereocenters. The summed E-state index contributed by atoms with van der Waals surface area (Å²) < 4.78 is 5.61. The predicted molar refractivity (Wildman–Crippen MR) is 140 cm³/mol. The molecule has 2 aromatic rings. The van der Waals surface area contributed by atoms with E-state index in [-0.39, 0.29) is 36.5 Å². The molecule has 0 bridgehead atoms. The number of nitrogens with zero attached hydrogens (tertiary/aromatic N) is 4. The number of likely N-dealkylation sites (N-methyl/N-ethyl adjacent to an activating group) is 1. The van der Waals surface area contributed by atoms with Crippen LogP contribution in [0, 0.1) is 0 Å². The number of carbonyl (C=O) groups is 1. The molecule has 0 radical (unpaired) electrons. The molecule has 1 aliphatic rings. The summed E-state index contributed by atoms with van der Waals surface area (Å²) in [4.78, 5) is 22.5. The Morgan fingerprint density at radius 2 is 1.72 bits per heavy atom. The van der Waals surface area contributed by atoms with Crippen LogP contribution in [0.15, 0.2) is 59.6 Å². The van der Waals surface area contributed by atoms with E-state index in [1.165, 1.54) is 10.5 Å². The Hall–Kier alpha value is -2.33. The van der Waals surface area contributed by atoms with Crippen molar-refractivity contribution in [1.82, 2.24) is 20.0 Å². The average molecular weight is 551 g/mol. The van der Waals surface area contributed by atoms with Crippen molar-refractivity contribution in [2.45, 2.75) is 13.1 Å². The van der Waals surface area contributed by atoms with Crippen molar-refractivity contribution in [1.29, 1.82) is 0 Å². The molecule has 2 aromatic carbocycles. The van der Waals surface area contributed by atoms with Gasteiger partial charge in [-0.25, -0.2) is 0 Å². The third-order valence-electron chi connectivity index (χ3n) is 5.34. The number of hydrogen-bond donors (Lipinski definition) is 1. The number of rotatable bonds is 7. The lowest BCUT2D eigenvalue weighted by atomic mass is 10.2. The number of piperazine rings is 1. The summed E-state index contributed by atoms with van der Waals surface area (Å²) in [6.45, 7) is 5.60. The first-order valence-electron chi connectivity index (χ1n) is 10.7. The van der Waals surface area contributed by atoms with Gasteiger partial charge in [-0.1, -0.05) is 42.5 Å². The van der Waals surface area contributed by atoms with Gasteiger partial charge >= 0.3 is 0 Å². The summed E-state index contributed by atoms with van der Waals surface area (Å²) in [6.07, 6.45) is 0. The van der Waals surface area contributed by atoms with E-state index in [0.29, 0.717) is 12.3 Å². The van der Waals surface area contributed by atoms with Crippen LogP contribution in [0.5, 0.6) is 5.75 Å². The Kier molecular flexibility index (Phi) is 10.8. The Labute approximate surface area is 208 Å². The van der Waals surface area contributed by atoms with Crippen LogP contribution in [0.3, 0.4) is 0 Å². The van der Waals surface area contributed by atoms with Gasteiger partial charge in [-0.15, -0.1) is 24.0 Å². The second-order valence-corrected chi connectivity index (χ2v) is 7.87. The van der Waals surface area contributed by atoms with E-state index in [1.807, 2.05) is 31.3 Å². The highest BCUT2D eigenvalue weighted by atomic mass is 127. The number of benzene rings is 2. The Morgan fingerprint density at radius 1 is 1.03 bits per heavy atom. The van der Waals surface area contributed by atoms with Crippen LogP contribution in [-0.4, -0.2) is 80.5 Å². The molecule has 0 spiro atoms. The van der Waals surface area contributed by atoms with E-state index in [9.17, 15) is 4.79 Å². The number of amides is 1. The minimum absolute atomic E-state index is 0. The molecule has 0 saturated carbocycles. The molecule has 1 saturated heterocycles. The van der Waals surface area contributed by atoms with Crippen molar-refractivity contribution in [3.05, 3.63) is 65.7 Å². The lowest BCUT2D eigenvalue weighted by molar-refractivity contribution is -0.130. The molecular weight excluding hydrogens is 517 g/mol. The topological polar surface area (TPSA) is 60.4 Å². The summed E-state index contributed by atoms with van der Waals surface area (Å²) in [5, 5.41) is 3.46. The third-order valence-corrected chi connectivity index (χ3v) is 5.34. The SMILES string of the molecule is CN=C(NCc1cccc(OCC(=O)N(C)C)c1)N1CCN(Cc2ccccc2)CC1.I. The zero-order chi connectivity index (χ0) is 22.1. The highest BCUT2D eigenvalue weighted by Crippen LogP contribution is 2.14. The molecule has 32 heavy (non-hydrogen) atoms. The van der Waals surface area contributed by atoms with Crippen LogP contribution in [0.4, 0.5) is 0 Å². The van der Waals surface area contributed by atoms with Crippen molar-refractivity contribution in [3.8, 4) is 5.75 Å². The quantitative estimate of drug-likeness (QED) is 0.326. The van der Waals surface area contributed by atoms with Crippen LogP contribution in [-0.2, 0) is 17.9 Å². The lowest BCUT2D eigenvalue weighted by Gasteiger charge is -2.36. The molecule has 1 aliphatic heterocycles. The molecule has 7 nitrogen and oxygen atoms in total. The molecule has 1 amide bonds. The van der Waals surface area contributed by atoms with Gasteiger partial charge in [-0.3, -0.25) is 14.7 Å². The van der Waals surface area contributed by atoms with E-state index >= 15 is 0 Å².